The topological polar surface area (TPSA) is 95.4 Å². The van der Waals surface area contributed by atoms with Crippen molar-refractivity contribution in [1.29, 1.82) is 0 Å². The summed E-state index contributed by atoms with van der Waals surface area (Å²) in [5.74, 6) is 0.972. The molecule has 0 spiro atoms. The van der Waals surface area contributed by atoms with Gasteiger partial charge >= 0.3 is 0 Å². The van der Waals surface area contributed by atoms with Crippen LogP contribution >= 0.6 is 0 Å². The lowest BCUT2D eigenvalue weighted by Crippen LogP contribution is -2.24. The molecule has 0 saturated carbocycles. The fourth-order valence-corrected chi connectivity index (χ4v) is 6.07. The van der Waals surface area contributed by atoms with E-state index in [2.05, 4.69) is 14.9 Å². The van der Waals surface area contributed by atoms with Gasteiger partial charge in [-0.3, -0.25) is 4.39 Å². The number of benzene rings is 1. The lowest BCUT2D eigenvalue weighted by Gasteiger charge is -2.23. The van der Waals surface area contributed by atoms with Crippen LogP contribution in [0, 0.1) is 11.8 Å². The van der Waals surface area contributed by atoms with E-state index in [0.29, 0.717) is 0 Å². The van der Waals surface area contributed by atoms with Crippen molar-refractivity contribution in [3.05, 3.63) is 40.3 Å². The van der Waals surface area contributed by atoms with E-state index < -0.39 is 28.7 Å². The van der Waals surface area contributed by atoms with Crippen molar-refractivity contribution in [2.24, 2.45) is 17.0 Å². The van der Waals surface area contributed by atoms with E-state index >= 15 is 0 Å². The molecule has 0 aromatic heterocycles. The Morgan fingerprint density at radius 1 is 1.32 bits per heavy atom. The average molecular weight is 368 g/mol. The molecule has 0 unspecified atom stereocenters. The van der Waals surface area contributed by atoms with Crippen molar-refractivity contribution in [1.82, 2.24) is 0 Å². The minimum Gasteiger partial charge on any atom is -0.376 e. The van der Waals surface area contributed by atoms with Crippen molar-refractivity contribution >= 4 is 15.5 Å². The molecule has 2 heterocycles. The molecule has 0 amide bonds. The molecule has 25 heavy (non-hydrogen) atoms. The first-order valence-corrected chi connectivity index (χ1v) is 9.98. The Morgan fingerprint density at radius 2 is 1.92 bits per heavy atom. The van der Waals surface area contributed by atoms with Crippen LogP contribution in [0.5, 0.6) is 0 Å². The van der Waals surface area contributed by atoms with Crippen molar-refractivity contribution in [3.63, 3.8) is 0 Å². The number of nitrogens with zero attached hydrogens (tertiary/aromatic N) is 4. The molecule has 0 bridgehead atoms. The monoisotopic (exact) mass is 368 g/mol. The summed E-state index contributed by atoms with van der Waals surface area (Å²) in [5, 5.41) is 3.46. The number of hydrogen-bond donors (Lipinski definition) is 0. The van der Waals surface area contributed by atoms with Gasteiger partial charge in [-0.15, -0.1) is 0 Å². The predicted octanol–water partition coefficient (Wildman–Crippen LogP) is 2.50. The van der Waals surface area contributed by atoms with Gasteiger partial charge in [0.25, 0.3) is 0 Å². The van der Waals surface area contributed by atoms with Crippen molar-refractivity contribution in [2.75, 3.05) is 43.3 Å². The fraction of sp³-hybridized carbons (Fsp3) is 0.625. The predicted molar refractivity (Wildman–Crippen MR) is 92.9 cm³/mol. The smallest absolute Gasteiger partial charge is 0.151 e. The second-order valence-corrected chi connectivity index (χ2v) is 8.83. The van der Waals surface area contributed by atoms with E-state index in [-0.39, 0.29) is 23.3 Å². The van der Waals surface area contributed by atoms with Gasteiger partial charge in [-0.25, -0.2) is 8.42 Å². The Hall–Kier alpha value is -1.83. The first-order chi connectivity index (χ1) is 12.0. The molecule has 1 aromatic rings. The van der Waals surface area contributed by atoms with Gasteiger partial charge in [-0.05, 0) is 35.1 Å². The van der Waals surface area contributed by atoms with Gasteiger partial charge in [0.05, 0.1) is 23.7 Å². The van der Waals surface area contributed by atoms with Crippen LogP contribution in [0.1, 0.15) is 11.7 Å². The number of azide groups is 1. The number of methoxy groups -OCH3 is 1. The minimum absolute atomic E-state index is 0.206. The second-order valence-electron chi connectivity index (χ2n) is 6.68. The average Bonchev–Trinajstić information content (AvgIpc) is 3.08. The van der Waals surface area contributed by atoms with Crippen LogP contribution in [0.15, 0.2) is 29.4 Å². The first kappa shape index (κ1) is 18.0. The maximum atomic E-state index is 13.1. The number of anilines is 1. The lowest BCUT2D eigenvalue weighted by atomic mass is 10.0. The molecule has 9 heteroatoms. The second kappa shape index (κ2) is 7.19. The molecule has 0 aliphatic carbocycles. The van der Waals surface area contributed by atoms with Crippen molar-refractivity contribution in [3.8, 4) is 0 Å². The third kappa shape index (κ3) is 3.73. The highest BCUT2D eigenvalue weighted by molar-refractivity contribution is 7.91. The van der Waals surface area contributed by atoms with E-state index in [4.69, 9.17) is 10.3 Å². The number of halogens is 1. The van der Waals surface area contributed by atoms with Crippen LogP contribution in [0.25, 0.3) is 10.4 Å². The van der Waals surface area contributed by atoms with Crippen LogP contribution in [0.4, 0.5) is 10.1 Å². The van der Waals surface area contributed by atoms with Crippen LogP contribution < -0.4 is 4.90 Å². The summed E-state index contributed by atoms with van der Waals surface area (Å²) in [4.78, 5) is 4.86. The number of hydrogen-bond acceptors (Lipinski definition) is 5. The van der Waals surface area contributed by atoms with Crippen molar-refractivity contribution < 1.29 is 17.5 Å². The third-order valence-electron chi connectivity index (χ3n) is 5.06. The van der Waals surface area contributed by atoms with E-state index in [9.17, 15) is 12.8 Å². The number of sulfone groups is 1. The number of rotatable bonds is 6. The quantitative estimate of drug-likeness (QED) is 0.438. The van der Waals surface area contributed by atoms with Gasteiger partial charge in [0.1, 0.15) is 6.67 Å². The van der Waals surface area contributed by atoms with Crippen LogP contribution in [0.2, 0.25) is 0 Å². The third-order valence-corrected chi connectivity index (χ3v) is 6.93. The number of alkyl halides is 1. The molecule has 2 fully saturated rings. The highest BCUT2D eigenvalue weighted by Crippen LogP contribution is 2.35. The van der Waals surface area contributed by atoms with Crippen molar-refractivity contribution in [2.45, 2.75) is 12.1 Å². The highest BCUT2D eigenvalue weighted by Gasteiger charge is 2.43. The molecular weight excluding hydrogens is 347 g/mol. The fourth-order valence-electron chi connectivity index (χ4n) is 3.88. The summed E-state index contributed by atoms with van der Waals surface area (Å²) in [6.07, 6.45) is -0.641. The summed E-state index contributed by atoms with van der Waals surface area (Å²) in [6, 6.07) is 6.61. The highest BCUT2D eigenvalue weighted by atomic mass is 32.2. The molecule has 2 saturated heterocycles. The number of ether oxygens (including phenoxy) is 1. The summed E-state index contributed by atoms with van der Waals surface area (Å²) < 4.78 is 41.8. The molecule has 3 rings (SSSR count). The van der Waals surface area contributed by atoms with E-state index in [0.717, 1.165) is 24.3 Å². The van der Waals surface area contributed by atoms with Gasteiger partial charge in [0.15, 0.2) is 9.84 Å². The van der Waals surface area contributed by atoms with Gasteiger partial charge in [0.2, 0.25) is 0 Å². The van der Waals surface area contributed by atoms with Gasteiger partial charge in [-0.1, -0.05) is 17.2 Å². The zero-order chi connectivity index (χ0) is 18.0. The van der Waals surface area contributed by atoms with Gasteiger partial charge < -0.3 is 9.64 Å². The molecule has 4 atom stereocenters. The van der Waals surface area contributed by atoms with E-state index in [1.165, 1.54) is 7.11 Å². The molecule has 2 aliphatic rings. The summed E-state index contributed by atoms with van der Waals surface area (Å²) in [7, 11) is -1.41. The van der Waals surface area contributed by atoms with Crippen LogP contribution in [-0.4, -0.2) is 52.8 Å². The SMILES string of the molecule is CO[C@H](c1ccc(N2C[C@@H]3CS(=O)(=O)C[C@@H]3C2)cc1)[C@@H](CF)N=[N+]=[N-]. The summed E-state index contributed by atoms with van der Waals surface area (Å²) in [6.45, 7) is 0.680. The molecule has 1 aromatic carbocycles. The minimum atomic E-state index is -2.87. The first-order valence-electron chi connectivity index (χ1n) is 8.15. The Labute approximate surface area is 146 Å². The Balaban J connectivity index is 1.72. The number of fused-ring (bicyclic) bond motifs is 1. The Morgan fingerprint density at radius 3 is 2.40 bits per heavy atom. The van der Waals surface area contributed by atoms with E-state index in [1.54, 1.807) is 0 Å². The molecule has 0 radical (unpaired) electrons. The van der Waals surface area contributed by atoms with Crippen LogP contribution in [-0.2, 0) is 14.6 Å². The summed E-state index contributed by atoms with van der Waals surface area (Å²) in [5.41, 5.74) is 10.3. The molecular formula is C16H21FN4O3S. The zero-order valence-electron chi connectivity index (χ0n) is 14.0. The molecule has 136 valence electrons. The largest absolute Gasteiger partial charge is 0.376 e. The van der Waals surface area contributed by atoms with Gasteiger partial charge in [0, 0.05) is 30.8 Å². The normalized spacial score (nSPS) is 26.7. The van der Waals surface area contributed by atoms with Gasteiger partial charge in [-0.2, -0.15) is 0 Å². The van der Waals surface area contributed by atoms with Crippen LogP contribution in [0.3, 0.4) is 0 Å². The Kier molecular flexibility index (Phi) is 5.17. The molecule has 0 N–H and O–H groups in total. The lowest BCUT2D eigenvalue weighted by molar-refractivity contribution is 0.0722. The standard InChI is InChI=1S/C16H21FN4O3S/c1-24-16(15(6-17)19-20-18)11-2-4-14(5-3-11)21-7-12-9-25(22,23)10-13(12)8-21/h2-5,12-13,15-16H,6-10H2,1H3/t12-,13+,15-,16-/m1/s1. The molecule has 7 nitrogen and oxygen atoms in total. The Bertz CT molecular complexity index is 744. The maximum Gasteiger partial charge on any atom is 0.151 e. The zero-order valence-corrected chi connectivity index (χ0v) is 14.8. The maximum absolute atomic E-state index is 13.1. The van der Waals surface area contributed by atoms with E-state index in [1.807, 2.05) is 24.3 Å². The summed E-state index contributed by atoms with van der Waals surface area (Å²) >= 11 is 0. The molecule has 2 aliphatic heterocycles.